The SMILES string of the molecule is CCOc1ccc(C2=N/C(=C/c3cc(OC)c(OC(F)F)c(OC)c3)C(=O)O2)cc1. The molecular formula is C21H19F2NO6. The van der Waals surface area contributed by atoms with Crippen molar-refractivity contribution in [3.63, 3.8) is 0 Å². The van der Waals surface area contributed by atoms with Gasteiger partial charge in [-0.05, 0) is 55.0 Å². The third kappa shape index (κ3) is 4.68. The van der Waals surface area contributed by atoms with E-state index < -0.39 is 12.6 Å². The standard InChI is InChI=1S/C21H19F2NO6/c1-4-28-14-7-5-13(6-8-14)19-24-15(20(25)30-19)9-12-10-16(26-2)18(29-21(22)23)17(11-12)27-3/h5-11,21H,4H2,1-3H3/b15-9+. The van der Waals surface area contributed by atoms with Crippen molar-refractivity contribution in [3.8, 4) is 23.0 Å². The normalized spacial score (nSPS) is 14.5. The fourth-order valence-electron chi connectivity index (χ4n) is 2.74. The van der Waals surface area contributed by atoms with E-state index in [1.165, 1.54) is 32.4 Å². The second-order valence-electron chi connectivity index (χ2n) is 5.93. The average Bonchev–Trinajstić information content (AvgIpc) is 3.09. The number of benzene rings is 2. The first kappa shape index (κ1) is 21.1. The molecule has 0 spiro atoms. The maximum atomic E-state index is 12.7. The van der Waals surface area contributed by atoms with Crippen LogP contribution in [-0.2, 0) is 9.53 Å². The van der Waals surface area contributed by atoms with Gasteiger partial charge in [0, 0.05) is 5.56 Å². The first-order valence-electron chi connectivity index (χ1n) is 8.91. The summed E-state index contributed by atoms with van der Waals surface area (Å²) in [6, 6.07) is 9.78. The molecule has 30 heavy (non-hydrogen) atoms. The Morgan fingerprint density at radius 2 is 1.73 bits per heavy atom. The van der Waals surface area contributed by atoms with Crippen molar-refractivity contribution >= 4 is 17.9 Å². The van der Waals surface area contributed by atoms with E-state index in [9.17, 15) is 13.6 Å². The van der Waals surface area contributed by atoms with Gasteiger partial charge in [0.1, 0.15) is 5.75 Å². The topological polar surface area (TPSA) is 75.6 Å². The van der Waals surface area contributed by atoms with Crippen LogP contribution in [0.4, 0.5) is 8.78 Å². The van der Waals surface area contributed by atoms with E-state index in [-0.39, 0.29) is 28.8 Å². The zero-order chi connectivity index (χ0) is 21.7. The summed E-state index contributed by atoms with van der Waals surface area (Å²) in [6.07, 6.45) is 1.43. The van der Waals surface area contributed by atoms with Gasteiger partial charge >= 0.3 is 12.6 Å². The number of hydrogen-bond acceptors (Lipinski definition) is 7. The first-order chi connectivity index (χ1) is 14.4. The molecule has 7 nitrogen and oxygen atoms in total. The molecule has 0 fully saturated rings. The molecule has 0 aliphatic carbocycles. The third-order valence-electron chi connectivity index (χ3n) is 4.03. The van der Waals surface area contributed by atoms with Gasteiger partial charge in [0.2, 0.25) is 11.6 Å². The molecule has 1 aliphatic heterocycles. The van der Waals surface area contributed by atoms with Crippen LogP contribution in [0.25, 0.3) is 6.08 Å². The lowest BCUT2D eigenvalue weighted by Gasteiger charge is -2.14. The fraction of sp³-hybridized carbons (Fsp3) is 0.238. The van der Waals surface area contributed by atoms with Crippen LogP contribution < -0.4 is 18.9 Å². The van der Waals surface area contributed by atoms with Gasteiger partial charge < -0.3 is 23.7 Å². The van der Waals surface area contributed by atoms with E-state index in [2.05, 4.69) is 9.73 Å². The highest BCUT2D eigenvalue weighted by atomic mass is 19.3. The van der Waals surface area contributed by atoms with Crippen LogP contribution >= 0.6 is 0 Å². The van der Waals surface area contributed by atoms with Crippen LogP contribution in [0.15, 0.2) is 47.1 Å². The lowest BCUT2D eigenvalue weighted by Crippen LogP contribution is -2.06. The quantitative estimate of drug-likeness (QED) is 0.475. The van der Waals surface area contributed by atoms with Gasteiger partial charge in [-0.3, -0.25) is 0 Å². The van der Waals surface area contributed by atoms with Gasteiger partial charge in [-0.2, -0.15) is 8.78 Å². The molecule has 1 heterocycles. The highest BCUT2D eigenvalue weighted by Crippen LogP contribution is 2.40. The van der Waals surface area contributed by atoms with Crippen molar-refractivity contribution in [2.75, 3.05) is 20.8 Å². The van der Waals surface area contributed by atoms with Crippen molar-refractivity contribution in [3.05, 3.63) is 53.2 Å². The van der Waals surface area contributed by atoms with E-state index in [0.29, 0.717) is 23.5 Å². The maximum Gasteiger partial charge on any atom is 0.387 e. The number of hydrogen-bond donors (Lipinski definition) is 0. The molecule has 0 atom stereocenters. The minimum atomic E-state index is -3.05. The van der Waals surface area contributed by atoms with Crippen LogP contribution in [-0.4, -0.2) is 39.3 Å². The number of rotatable bonds is 8. The zero-order valence-electron chi connectivity index (χ0n) is 16.5. The number of aliphatic imine (C=N–C) groups is 1. The second-order valence-corrected chi connectivity index (χ2v) is 5.93. The van der Waals surface area contributed by atoms with Crippen LogP contribution in [0.5, 0.6) is 23.0 Å². The van der Waals surface area contributed by atoms with Gasteiger partial charge in [0.05, 0.1) is 20.8 Å². The summed E-state index contributed by atoms with van der Waals surface area (Å²) in [4.78, 5) is 16.5. The number of carbonyl (C=O) groups excluding carboxylic acids is 1. The number of esters is 1. The molecule has 0 radical (unpaired) electrons. The highest BCUT2D eigenvalue weighted by Gasteiger charge is 2.25. The predicted octanol–water partition coefficient (Wildman–Crippen LogP) is 4.05. The van der Waals surface area contributed by atoms with Crippen molar-refractivity contribution < 1.29 is 37.3 Å². The van der Waals surface area contributed by atoms with E-state index >= 15 is 0 Å². The third-order valence-corrected chi connectivity index (χ3v) is 4.03. The summed E-state index contributed by atoms with van der Waals surface area (Å²) in [6.45, 7) is -0.636. The number of methoxy groups -OCH3 is 2. The molecule has 0 amide bonds. The molecule has 158 valence electrons. The summed E-state index contributed by atoms with van der Waals surface area (Å²) in [5.41, 5.74) is 1.06. The number of carbonyl (C=O) groups is 1. The van der Waals surface area contributed by atoms with Crippen LogP contribution in [0.1, 0.15) is 18.1 Å². The number of cyclic esters (lactones) is 1. The van der Waals surface area contributed by atoms with Gasteiger partial charge in [-0.1, -0.05) is 0 Å². The van der Waals surface area contributed by atoms with E-state index in [1.54, 1.807) is 24.3 Å². The molecule has 0 bridgehead atoms. The van der Waals surface area contributed by atoms with E-state index in [1.807, 2.05) is 6.92 Å². The number of alkyl halides is 2. The molecule has 2 aromatic rings. The molecule has 0 saturated carbocycles. The Hall–Kier alpha value is -3.62. The Labute approximate surface area is 171 Å². The highest BCUT2D eigenvalue weighted by molar-refractivity contribution is 6.12. The molecule has 0 saturated heterocycles. The molecule has 0 unspecified atom stereocenters. The number of nitrogens with zero attached hydrogens (tertiary/aromatic N) is 1. The smallest absolute Gasteiger partial charge is 0.387 e. The Bertz CT molecular complexity index is 960. The van der Waals surface area contributed by atoms with Crippen LogP contribution in [0.3, 0.4) is 0 Å². The van der Waals surface area contributed by atoms with Gasteiger partial charge in [-0.25, -0.2) is 9.79 Å². The molecule has 0 aromatic heterocycles. The van der Waals surface area contributed by atoms with E-state index in [4.69, 9.17) is 18.9 Å². The second kappa shape index (κ2) is 9.25. The van der Waals surface area contributed by atoms with Gasteiger partial charge in [0.25, 0.3) is 0 Å². The lowest BCUT2D eigenvalue weighted by atomic mass is 10.1. The molecule has 1 aliphatic rings. The Morgan fingerprint density at radius 3 is 2.27 bits per heavy atom. The number of halogens is 2. The molecule has 9 heteroatoms. The Balaban J connectivity index is 1.92. The van der Waals surface area contributed by atoms with Crippen LogP contribution in [0.2, 0.25) is 0 Å². The summed E-state index contributed by atoms with van der Waals surface area (Å²) in [5, 5.41) is 0. The van der Waals surface area contributed by atoms with Crippen molar-refractivity contribution in [1.82, 2.24) is 0 Å². The summed E-state index contributed by atoms with van der Waals surface area (Å²) in [5.74, 6) is -0.0280. The first-order valence-corrected chi connectivity index (χ1v) is 8.91. The summed E-state index contributed by atoms with van der Waals surface area (Å²) in [7, 11) is 2.60. The van der Waals surface area contributed by atoms with Gasteiger partial charge in [0.15, 0.2) is 17.2 Å². The Morgan fingerprint density at radius 1 is 1.10 bits per heavy atom. The van der Waals surface area contributed by atoms with E-state index in [0.717, 1.165) is 0 Å². The average molecular weight is 419 g/mol. The zero-order valence-corrected chi connectivity index (χ0v) is 16.5. The van der Waals surface area contributed by atoms with Crippen molar-refractivity contribution in [2.24, 2.45) is 4.99 Å². The summed E-state index contributed by atoms with van der Waals surface area (Å²) < 4.78 is 50.7. The molecule has 0 N–H and O–H groups in total. The fourth-order valence-corrected chi connectivity index (χ4v) is 2.74. The number of ether oxygens (including phenoxy) is 5. The largest absolute Gasteiger partial charge is 0.494 e. The Kier molecular flexibility index (Phi) is 6.51. The van der Waals surface area contributed by atoms with Crippen LogP contribution in [0, 0.1) is 0 Å². The monoisotopic (exact) mass is 419 g/mol. The predicted molar refractivity (Wildman–Crippen MR) is 104 cm³/mol. The molecule has 2 aromatic carbocycles. The minimum Gasteiger partial charge on any atom is -0.494 e. The van der Waals surface area contributed by atoms with Crippen molar-refractivity contribution in [2.45, 2.75) is 13.5 Å². The molecule has 3 rings (SSSR count). The van der Waals surface area contributed by atoms with Gasteiger partial charge in [-0.15, -0.1) is 0 Å². The lowest BCUT2D eigenvalue weighted by molar-refractivity contribution is -0.129. The summed E-state index contributed by atoms with van der Waals surface area (Å²) >= 11 is 0. The minimum absolute atomic E-state index is 0.0172. The molecular weight excluding hydrogens is 400 g/mol. The maximum absolute atomic E-state index is 12.7. The van der Waals surface area contributed by atoms with Crippen molar-refractivity contribution in [1.29, 1.82) is 0 Å².